The Kier molecular flexibility index (Phi) is 8.56. The van der Waals surface area contributed by atoms with Crippen molar-refractivity contribution in [1.82, 2.24) is 14.8 Å². The summed E-state index contributed by atoms with van der Waals surface area (Å²) in [5.41, 5.74) is 2.49. The van der Waals surface area contributed by atoms with Crippen LogP contribution < -0.4 is 18.9 Å². The van der Waals surface area contributed by atoms with Gasteiger partial charge in [-0.1, -0.05) is 0 Å². The molecule has 200 valence electrons. The van der Waals surface area contributed by atoms with E-state index in [0.29, 0.717) is 42.0 Å². The van der Waals surface area contributed by atoms with E-state index in [-0.39, 0.29) is 11.9 Å². The minimum atomic E-state index is -0.318. The molecule has 0 aromatic heterocycles. The number of methoxy groups -OCH3 is 4. The largest absolute Gasteiger partial charge is 0.497 e. The summed E-state index contributed by atoms with van der Waals surface area (Å²) in [7, 11) is 10.7. The lowest BCUT2D eigenvalue weighted by molar-refractivity contribution is -0.134. The Morgan fingerprint density at radius 1 is 0.946 bits per heavy atom. The van der Waals surface area contributed by atoms with Crippen molar-refractivity contribution >= 4 is 11.6 Å². The number of piperidine rings is 1. The molecule has 0 aliphatic carbocycles. The first kappa shape index (κ1) is 26.8. The maximum Gasteiger partial charge on any atom is 0.257 e. The van der Waals surface area contributed by atoms with Crippen molar-refractivity contribution in [1.29, 1.82) is 0 Å². The lowest BCUT2D eigenvalue weighted by Crippen LogP contribution is -2.46. The Morgan fingerprint density at radius 3 is 2.19 bits per heavy atom. The molecule has 0 N–H and O–H groups in total. The normalized spacial score (nSPS) is 18.6. The van der Waals surface area contributed by atoms with Crippen LogP contribution in [-0.4, -0.2) is 94.6 Å². The van der Waals surface area contributed by atoms with Crippen LogP contribution in [0, 0.1) is 0 Å². The molecule has 9 nitrogen and oxygen atoms in total. The average molecular weight is 511 g/mol. The quantitative estimate of drug-likeness (QED) is 0.512. The molecule has 1 saturated heterocycles. The number of likely N-dealkylation sites (N-methyl/N-ethyl adjacent to an activating group) is 1. The van der Waals surface area contributed by atoms with Crippen LogP contribution in [0.4, 0.5) is 0 Å². The van der Waals surface area contributed by atoms with Crippen molar-refractivity contribution in [3.05, 3.63) is 47.5 Å². The first-order valence-electron chi connectivity index (χ1n) is 12.6. The van der Waals surface area contributed by atoms with E-state index in [0.717, 1.165) is 42.8 Å². The number of likely N-dealkylation sites (tertiary alicyclic amines) is 1. The topological polar surface area (TPSA) is 76.1 Å². The number of carbonyl (C=O) groups excluding carboxylic acids is 1. The highest BCUT2D eigenvalue weighted by Crippen LogP contribution is 2.40. The van der Waals surface area contributed by atoms with Gasteiger partial charge in [0.2, 0.25) is 0 Å². The predicted molar refractivity (Wildman–Crippen MR) is 143 cm³/mol. The first-order valence-corrected chi connectivity index (χ1v) is 12.6. The Balaban J connectivity index is 1.66. The van der Waals surface area contributed by atoms with Crippen molar-refractivity contribution in [3.8, 4) is 23.0 Å². The first-order chi connectivity index (χ1) is 17.9. The van der Waals surface area contributed by atoms with Crippen LogP contribution in [0.2, 0.25) is 0 Å². The SMILES string of the molecule is COc1ccc(C2=NN(C(=O)CN(C)C3CCN(C)CC3)C(c3ccc(OC)cc3OC)C2)c(OC)c1. The van der Waals surface area contributed by atoms with Gasteiger partial charge in [-0.3, -0.25) is 9.69 Å². The lowest BCUT2D eigenvalue weighted by atomic mass is 9.96. The van der Waals surface area contributed by atoms with Crippen molar-refractivity contribution in [2.24, 2.45) is 5.10 Å². The summed E-state index contributed by atoms with van der Waals surface area (Å²) in [6.45, 7) is 2.37. The number of nitrogens with zero attached hydrogens (tertiary/aromatic N) is 4. The highest BCUT2D eigenvalue weighted by atomic mass is 16.5. The average Bonchev–Trinajstić information content (AvgIpc) is 3.37. The fraction of sp³-hybridized carbons (Fsp3) is 0.500. The molecule has 0 spiro atoms. The van der Waals surface area contributed by atoms with Crippen molar-refractivity contribution in [2.75, 3.05) is 62.2 Å². The second kappa shape index (κ2) is 11.8. The molecule has 1 amide bonds. The minimum Gasteiger partial charge on any atom is -0.497 e. The summed E-state index contributed by atoms with van der Waals surface area (Å²) in [5.74, 6) is 2.64. The molecule has 1 fully saturated rings. The molecule has 0 saturated carbocycles. The van der Waals surface area contributed by atoms with E-state index in [4.69, 9.17) is 24.0 Å². The monoisotopic (exact) mass is 510 g/mol. The zero-order chi connectivity index (χ0) is 26.5. The number of hydrazone groups is 1. The van der Waals surface area contributed by atoms with Gasteiger partial charge in [0.1, 0.15) is 23.0 Å². The molecule has 2 heterocycles. The van der Waals surface area contributed by atoms with Gasteiger partial charge in [0, 0.05) is 35.7 Å². The van der Waals surface area contributed by atoms with E-state index in [2.05, 4.69) is 16.8 Å². The third-order valence-corrected chi connectivity index (χ3v) is 7.38. The van der Waals surface area contributed by atoms with E-state index < -0.39 is 0 Å². The third-order valence-electron chi connectivity index (χ3n) is 7.38. The Hall–Kier alpha value is -3.30. The molecular formula is C28H38N4O5. The fourth-order valence-corrected chi connectivity index (χ4v) is 5.13. The summed E-state index contributed by atoms with van der Waals surface area (Å²) >= 11 is 0. The van der Waals surface area contributed by atoms with Gasteiger partial charge in [0.15, 0.2) is 0 Å². The van der Waals surface area contributed by atoms with Gasteiger partial charge in [-0.25, -0.2) is 5.01 Å². The Bertz CT molecular complexity index is 1130. The Labute approximate surface area is 219 Å². The number of amides is 1. The van der Waals surface area contributed by atoms with Crippen LogP contribution in [0.3, 0.4) is 0 Å². The van der Waals surface area contributed by atoms with Crippen molar-refractivity contribution in [2.45, 2.75) is 31.3 Å². The number of hydrogen-bond donors (Lipinski definition) is 0. The smallest absolute Gasteiger partial charge is 0.257 e. The van der Waals surface area contributed by atoms with E-state index in [1.165, 1.54) is 0 Å². The molecule has 2 aliphatic heterocycles. The second-order valence-electron chi connectivity index (χ2n) is 9.63. The summed E-state index contributed by atoms with van der Waals surface area (Å²) in [5, 5.41) is 6.49. The van der Waals surface area contributed by atoms with E-state index in [1.54, 1.807) is 33.4 Å². The van der Waals surface area contributed by atoms with E-state index in [1.807, 2.05) is 43.4 Å². The lowest BCUT2D eigenvalue weighted by Gasteiger charge is -2.35. The standard InChI is InChI=1S/C28H38N4O5/c1-30-13-11-19(12-14-30)31(2)18-28(33)32-25(23-10-8-21(35-4)16-27(23)37-6)17-24(29-32)22-9-7-20(34-3)15-26(22)36-5/h7-10,15-16,19,25H,11-14,17-18H2,1-6H3. The van der Waals surface area contributed by atoms with Crippen LogP contribution >= 0.6 is 0 Å². The van der Waals surface area contributed by atoms with Gasteiger partial charge >= 0.3 is 0 Å². The maximum absolute atomic E-state index is 13.8. The van der Waals surface area contributed by atoms with Gasteiger partial charge < -0.3 is 23.8 Å². The van der Waals surface area contributed by atoms with Crippen LogP contribution in [-0.2, 0) is 4.79 Å². The van der Waals surface area contributed by atoms with Crippen LogP contribution in [0.5, 0.6) is 23.0 Å². The molecule has 2 aromatic carbocycles. The minimum absolute atomic E-state index is 0.0493. The molecule has 1 atom stereocenters. The van der Waals surface area contributed by atoms with Gasteiger partial charge in [-0.15, -0.1) is 0 Å². The molecule has 0 bridgehead atoms. The van der Waals surface area contributed by atoms with Crippen molar-refractivity contribution < 1.29 is 23.7 Å². The Morgan fingerprint density at radius 2 is 1.57 bits per heavy atom. The number of benzene rings is 2. The van der Waals surface area contributed by atoms with Gasteiger partial charge in [-0.2, -0.15) is 5.10 Å². The molecule has 2 aliphatic rings. The number of rotatable bonds is 9. The zero-order valence-electron chi connectivity index (χ0n) is 22.7. The molecule has 2 aromatic rings. The van der Waals surface area contributed by atoms with Crippen LogP contribution in [0.15, 0.2) is 41.5 Å². The number of hydrogen-bond acceptors (Lipinski definition) is 8. The van der Waals surface area contributed by atoms with Gasteiger partial charge in [0.25, 0.3) is 5.91 Å². The summed E-state index contributed by atoms with van der Waals surface area (Å²) in [6, 6.07) is 11.4. The highest BCUT2D eigenvalue weighted by Gasteiger charge is 2.37. The molecule has 37 heavy (non-hydrogen) atoms. The fourth-order valence-electron chi connectivity index (χ4n) is 5.13. The predicted octanol–water partition coefficient (Wildman–Crippen LogP) is 3.42. The van der Waals surface area contributed by atoms with Gasteiger partial charge in [-0.05, 0) is 64.3 Å². The number of ether oxygens (including phenoxy) is 4. The summed E-state index contributed by atoms with van der Waals surface area (Å²) in [6.07, 6.45) is 2.62. The molecule has 4 rings (SSSR count). The molecule has 0 radical (unpaired) electrons. The zero-order valence-corrected chi connectivity index (χ0v) is 22.7. The molecule has 1 unspecified atom stereocenters. The summed E-state index contributed by atoms with van der Waals surface area (Å²) < 4.78 is 22.1. The maximum atomic E-state index is 13.8. The van der Waals surface area contributed by atoms with Gasteiger partial charge in [0.05, 0.1) is 46.7 Å². The number of carbonyl (C=O) groups is 1. The van der Waals surface area contributed by atoms with E-state index in [9.17, 15) is 4.79 Å². The van der Waals surface area contributed by atoms with E-state index >= 15 is 0 Å². The van der Waals surface area contributed by atoms with Crippen LogP contribution in [0.1, 0.15) is 36.4 Å². The highest BCUT2D eigenvalue weighted by molar-refractivity contribution is 6.05. The second-order valence-corrected chi connectivity index (χ2v) is 9.63. The third kappa shape index (κ3) is 5.83. The molecular weight excluding hydrogens is 472 g/mol. The van der Waals surface area contributed by atoms with Crippen molar-refractivity contribution in [3.63, 3.8) is 0 Å². The van der Waals surface area contributed by atoms with Crippen LogP contribution in [0.25, 0.3) is 0 Å². The summed E-state index contributed by atoms with van der Waals surface area (Å²) in [4.78, 5) is 18.2. The molecule has 9 heteroatoms.